The number of nitro benzene ring substituents is 1. The topological polar surface area (TPSA) is 78.6 Å². The monoisotopic (exact) mass is 567 g/mol. The number of nitro groups is 1. The summed E-state index contributed by atoms with van der Waals surface area (Å²) in [5.41, 5.74) is -0.942. The molecule has 1 atom stereocenters. The maximum absolute atomic E-state index is 13.4. The van der Waals surface area contributed by atoms with Crippen molar-refractivity contribution < 1.29 is 36.4 Å². The van der Waals surface area contributed by atoms with Gasteiger partial charge in [0.1, 0.15) is 0 Å². The van der Waals surface area contributed by atoms with Gasteiger partial charge in [0.15, 0.2) is 0 Å². The molecule has 12 heteroatoms. The first-order valence-electron chi connectivity index (χ1n) is 12.4. The Labute approximate surface area is 226 Å². The largest absolute Gasteiger partial charge is 0.416 e. The Hall–Kier alpha value is -3.64. The Balaban J connectivity index is 1.58. The van der Waals surface area contributed by atoms with E-state index < -0.39 is 40.4 Å². The minimum atomic E-state index is -4.51. The lowest BCUT2D eigenvalue weighted by Gasteiger charge is -2.31. The van der Waals surface area contributed by atoms with E-state index in [-0.39, 0.29) is 30.8 Å². The zero-order valence-corrected chi connectivity index (χ0v) is 21.2. The van der Waals surface area contributed by atoms with Gasteiger partial charge in [-0.15, -0.1) is 0 Å². The molecule has 4 rings (SSSR count). The molecule has 1 aliphatic rings. The number of hydrogen-bond donors (Lipinski definition) is 2. The van der Waals surface area contributed by atoms with Gasteiger partial charge in [-0.1, -0.05) is 36.4 Å². The van der Waals surface area contributed by atoms with Crippen molar-refractivity contribution in [2.24, 2.45) is 5.41 Å². The van der Waals surface area contributed by atoms with Crippen LogP contribution in [0.4, 0.5) is 37.7 Å². The molecule has 1 saturated heterocycles. The number of anilines is 1. The Bertz CT molecular complexity index is 1360. The van der Waals surface area contributed by atoms with Crippen molar-refractivity contribution in [3.63, 3.8) is 0 Å². The molecular formula is C28H27F6N3O3. The van der Waals surface area contributed by atoms with Gasteiger partial charge in [0.25, 0.3) is 5.69 Å². The normalized spacial score (nSPS) is 18.2. The number of nitrogens with zero attached hydrogens (tertiary/aromatic N) is 2. The van der Waals surface area contributed by atoms with Crippen LogP contribution in [0.2, 0.25) is 0 Å². The molecule has 0 aromatic heterocycles. The molecule has 3 aromatic rings. The number of halogens is 6. The molecule has 0 spiro atoms. The van der Waals surface area contributed by atoms with E-state index in [4.69, 9.17) is 0 Å². The van der Waals surface area contributed by atoms with Crippen molar-refractivity contribution in [3.8, 4) is 0 Å². The number of aliphatic hydroxyl groups is 1. The van der Waals surface area contributed by atoms with E-state index in [9.17, 15) is 41.6 Å². The van der Waals surface area contributed by atoms with Gasteiger partial charge in [-0.25, -0.2) is 0 Å². The molecule has 1 unspecified atom stereocenters. The van der Waals surface area contributed by atoms with Crippen LogP contribution in [0.3, 0.4) is 0 Å². The van der Waals surface area contributed by atoms with Crippen LogP contribution in [0.15, 0.2) is 66.7 Å². The third kappa shape index (κ3) is 7.11. The van der Waals surface area contributed by atoms with Crippen LogP contribution in [0.1, 0.15) is 34.2 Å². The minimum absolute atomic E-state index is 0.141. The summed E-state index contributed by atoms with van der Waals surface area (Å²) in [5.74, 6) is 0. The number of hydrogen-bond acceptors (Lipinski definition) is 5. The molecule has 3 aromatic carbocycles. The zero-order chi connectivity index (χ0) is 29.1. The summed E-state index contributed by atoms with van der Waals surface area (Å²) in [5, 5.41) is 24.0. The Morgan fingerprint density at radius 3 is 2.15 bits per heavy atom. The molecule has 1 heterocycles. The highest BCUT2D eigenvalue weighted by atomic mass is 19.4. The van der Waals surface area contributed by atoms with Crippen LogP contribution in [0, 0.1) is 15.5 Å². The molecule has 1 aliphatic heterocycles. The van der Waals surface area contributed by atoms with Crippen LogP contribution >= 0.6 is 0 Å². The number of alkyl halides is 6. The van der Waals surface area contributed by atoms with Crippen LogP contribution in [-0.2, 0) is 31.9 Å². The van der Waals surface area contributed by atoms with E-state index in [0.717, 1.165) is 24.3 Å². The second-order valence-electron chi connectivity index (χ2n) is 10.1. The molecular weight excluding hydrogens is 540 g/mol. The number of likely N-dealkylation sites (tertiary alicyclic amines) is 1. The van der Waals surface area contributed by atoms with Crippen molar-refractivity contribution in [1.82, 2.24) is 4.90 Å². The van der Waals surface area contributed by atoms with Crippen molar-refractivity contribution in [1.29, 1.82) is 0 Å². The van der Waals surface area contributed by atoms with Crippen LogP contribution in [-0.4, -0.2) is 34.6 Å². The van der Waals surface area contributed by atoms with E-state index in [1.165, 1.54) is 24.3 Å². The first kappa shape index (κ1) is 29.3. The smallest absolute Gasteiger partial charge is 0.391 e. The molecule has 40 heavy (non-hydrogen) atoms. The first-order valence-corrected chi connectivity index (χ1v) is 12.4. The lowest BCUT2D eigenvalue weighted by atomic mass is 9.80. The van der Waals surface area contributed by atoms with Gasteiger partial charge in [-0.3, -0.25) is 15.0 Å². The maximum atomic E-state index is 13.4. The van der Waals surface area contributed by atoms with Crippen molar-refractivity contribution >= 4 is 11.4 Å². The number of nitrogens with one attached hydrogen (secondary N) is 1. The first-order chi connectivity index (χ1) is 18.8. The van der Waals surface area contributed by atoms with Gasteiger partial charge in [-0.2, -0.15) is 26.3 Å². The van der Waals surface area contributed by atoms with Gasteiger partial charge in [0.05, 0.1) is 28.2 Å². The van der Waals surface area contributed by atoms with E-state index >= 15 is 0 Å². The Morgan fingerprint density at radius 2 is 1.55 bits per heavy atom. The third-order valence-corrected chi connectivity index (χ3v) is 7.13. The molecule has 214 valence electrons. The molecule has 0 radical (unpaired) electrons. The summed E-state index contributed by atoms with van der Waals surface area (Å²) < 4.78 is 79.7. The van der Waals surface area contributed by atoms with Gasteiger partial charge in [0, 0.05) is 36.8 Å². The average molecular weight is 568 g/mol. The molecule has 6 nitrogen and oxygen atoms in total. The molecule has 0 bridgehead atoms. The van der Waals surface area contributed by atoms with Gasteiger partial charge in [0.2, 0.25) is 0 Å². The predicted molar refractivity (Wildman–Crippen MR) is 136 cm³/mol. The van der Waals surface area contributed by atoms with Gasteiger partial charge < -0.3 is 10.4 Å². The summed E-state index contributed by atoms with van der Waals surface area (Å²) in [6.07, 6.45) is -8.21. The highest BCUT2D eigenvalue weighted by molar-refractivity contribution is 5.55. The van der Waals surface area contributed by atoms with E-state index in [1.54, 1.807) is 18.2 Å². The highest BCUT2D eigenvalue weighted by Crippen LogP contribution is 2.38. The summed E-state index contributed by atoms with van der Waals surface area (Å²) in [6, 6.07) is 14.3. The van der Waals surface area contributed by atoms with Gasteiger partial charge in [-0.05, 0) is 54.8 Å². The summed E-state index contributed by atoms with van der Waals surface area (Å²) in [7, 11) is 0. The van der Waals surface area contributed by atoms with E-state index in [1.807, 2.05) is 4.90 Å². The number of rotatable bonds is 9. The molecule has 0 saturated carbocycles. The Morgan fingerprint density at radius 1 is 0.925 bits per heavy atom. The van der Waals surface area contributed by atoms with E-state index in [2.05, 4.69) is 5.32 Å². The zero-order valence-electron chi connectivity index (χ0n) is 21.2. The lowest BCUT2D eigenvalue weighted by molar-refractivity contribution is -0.385. The SMILES string of the molecule is O=[N+]([O-])c1cc(NCC2(Cc3cccc(C(F)(F)F)c3)CCN(Cc3cccc(C(F)(F)F)c3)C2)ccc1CO. The maximum Gasteiger partial charge on any atom is 0.416 e. The van der Waals surface area contributed by atoms with Crippen LogP contribution < -0.4 is 5.32 Å². The minimum Gasteiger partial charge on any atom is -0.391 e. The average Bonchev–Trinajstić information content (AvgIpc) is 3.28. The lowest BCUT2D eigenvalue weighted by Crippen LogP contribution is -2.35. The van der Waals surface area contributed by atoms with Crippen molar-refractivity contribution in [2.45, 2.75) is 38.3 Å². The molecule has 0 amide bonds. The van der Waals surface area contributed by atoms with Crippen molar-refractivity contribution in [2.75, 3.05) is 25.0 Å². The van der Waals surface area contributed by atoms with Crippen LogP contribution in [0.5, 0.6) is 0 Å². The number of benzene rings is 3. The summed E-state index contributed by atoms with van der Waals surface area (Å²) in [4.78, 5) is 12.8. The fourth-order valence-corrected chi connectivity index (χ4v) is 5.18. The molecule has 2 N–H and O–H groups in total. The quantitative estimate of drug-likeness (QED) is 0.172. The molecule has 1 fully saturated rings. The molecule has 0 aliphatic carbocycles. The Kier molecular flexibility index (Phi) is 8.41. The fraction of sp³-hybridized carbons (Fsp3) is 0.357. The number of aliphatic hydroxyl groups excluding tert-OH is 1. The predicted octanol–water partition coefficient (Wildman–Crippen LogP) is 6.67. The summed E-state index contributed by atoms with van der Waals surface area (Å²) >= 11 is 0. The second kappa shape index (κ2) is 11.5. The third-order valence-electron chi connectivity index (χ3n) is 7.13. The van der Waals surface area contributed by atoms with Gasteiger partial charge >= 0.3 is 12.4 Å². The second-order valence-corrected chi connectivity index (χ2v) is 10.1. The van der Waals surface area contributed by atoms with E-state index in [0.29, 0.717) is 36.3 Å². The van der Waals surface area contributed by atoms with Crippen LogP contribution in [0.25, 0.3) is 0 Å². The standard InChI is InChI=1S/C28H27F6N3O3/c29-27(30,31)22-5-1-3-19(11-22)14-26(17-35-24-8-7-21(16-38)25(13-24)37(39)40)9-10-36(18-26)15-20-4-2-6-23(12-20)28(32,33)34/h1-8,11-13,35,38H,9-10,14-18H2. The highest BCUT2D eigenvalue weighted by Gasteiger charge is 2.39. The van der Waals surface area contributed by atoms with Crippen molar-refractivity contribution in [3.05, 3.63) is 105 Å². The summed E-state index contributed by atoms with van der Waals surface area (Å²) in [6.45, 7) is 0.841. The fourth-order valence-electron chi connectivity index (χ4n) is 5.18.